The minimum absolute atomic E-state index is 0.272. The fourth-order valence-electron chi connectivity index (χ4n) is 6.35. The molecule has 8 rings (SSSR count). The molecule has 0 radical (unpaired) electrons. The molecule has 6 aromatic carbocycles. The van der Waals surface area contributed by atoms with Crippen molar-refractivity contribution in [2.24, 2.45) is 0 Å². The molecule has 0 saturated carbocycles. The molecule has 1 aliphatic carbocycles. The number of hydrogen-bond donors (Lipinski definition) is 0. The normalized spacial score (nSPS) is 14.4. The highest BCUT2D eigenvalue weighted by Crippen LogP contribution is 2.49. The van der Waals surface area contributed by atoms with E-state index in [4.69, 9.17) is 0 Å². The minimum atomic E-state index is 0.272. The summed E-state index contributed by atoms with van der Waals surface area (Å²) < 4.78 is 2.44. The van der Waals surface area contributed by atoms with Gasteiger partial charge in [0, 0.05) is 22.4 Å². The first-order valence-corrected chi connectivity index (χ1v) is 12.6. The lowest BCUT2D eigenvalue weighted by Gasteiger charge is -2.15. The van der Waals surface area contributed by atoms with Crippen LogP contribution in [0.1, 0.15) is 22.6 Å². The van der Waals surface area contributed by atoms with Crippen LogP contribution in [0, 0.1) is 0 Å². The monoisotopic (exact) mass is 457 g/mol. The Kier molecular flexibility index (Phi) is 4.06. The van der Waals surface area contributed by atoms with Gasteiger partial charge in [-0.25, -0.2) is 0 Å². The maximum absolute atomic E-state index is 2.44. The summed E-state index contributed by atoms with van der Waals surface area (Å²) in [6, 6.07) is 48.9. The summed E-state index contributed by atoms with van der Waals surface area (Å²) in [6.07, 6.45) is 0. The second kappa shape index (κ2) is 7.44. The van der Waals surface area contributed by atoms with Crippen LogP contribution in [0.5, 0.6) is 0 Å². The Morgan fingerprint density at radius 1 is 0.472 bits per heavy atom. The molecule has 0 N–H and O–H groups in total. The molecular formula is C35H23N. The Labute approximate surface area is 209 Å². The Hall–Kier alpha value is -4.62. The molecule has 1 unspecified atom stereocenters. The van der Waals surface area contributed by atoms with Gasteiger partial charge in [0.1, 0.15) is 0 Å². The largest absolute Gasteiger partial charge is 0.309 e. The van der Waals surface area contributed by atoms with Crippen molar-refractivity contribution in [3.63, 3.8) is 0 Å². The van der Waals surface area contributed by atoms with E-state index in [-0.39, 0.29) is 5.92 Å². The van der Waals surface area contributed by atoms with E-state index in [0.717, 1.165) is 0 Å². The molecule has 0 spiro atoms. The van der Waals surface area contributed by atoms with E-state index in [1.807, 2.05) is 0 Å². The first kappa shape index (κ1) is 19.7. The molecule has 36 heavy (non-hydrogen) atoms. The summed E-state index contributed by atoms with van der Waals surface area (Å²) in [7, 11) is 0. The molecule has 1 heteroatoms. The minimum Gasteiger partial charge on any atom is -0.309 e. The lowest BCUT2D eigenvalue weighted by Crippen LogP contribution is -1.99. The smallest absolute Gasteiger partial charge is 0.0547 e. The zero-order chi connectivity index (χ0) is 23.6. The predicted molar refractivity (Wildman–Crippen MR) is 151 cm³/mol. The van der Waals surface area contributed by atoms with Crippen LogP contribution in [0.3, 0.4) is 0 Å². The molecule has 0 saturated heterocycles. The molecule has 0 amide bonds. The summed E-state index contributed by atoms with van der Waals surface area (Å²) in [6.45, 7) is 0. The summed E-state index contributed by atoms with van der Waals surface area (Å²) in [5.41, 5.74) is 10.5. The maximum Gasteiger partial charge on any atom is 0.0547 e. The Balaban J connectivity index is 1.43. The van der Waals surface area contributed by atoms with Gasteiger partial charge in [0.25, 0.3) is 0 Å². The van der Waals surface area contributed by atoms with Crippen LogP contribution < -0.4 is 0 Å². The first-order valence-electron chi connectivity index (χ1n) is 12.6. The van der Waals surface area contributed by atoms with Crippen molar-refractivity contribution in [3.8, 4) is 16.8 Å². The van der Waals surface area contributed by atoms with Gasteiger partial charge in [0.05, 0.1) is 11.0 Å². The third-order valence-corrected chi connectivity index (χ3v) is 7.86. The van der Waals surface area contributed by atoms with Crippen LogP contribution in [-0.4, -0.2) is 4.57 Å². The number of hydrogen-bond acceptors (Lipinski definition) is 0. The van der Waals surface area contributed by atoms with E-state index in [1.54, 1.807) is 0 Å². The molecule has 0 fully saturated rings. The van der Waals surface area contributed by atoms with E-state index < -0.39 is 0 Å². The second-order valence-electron chi connectivity index (χ2n) is 9.74. The number of benzene rings is 6. The third-order valence-electron chi connectivity index (χ3n) is 7.86. The Bertz CT molecular complexity index is 1940. The van der Waals surface area contributed by atoms with Crippen molar-refractivity contribution < 1.29 is 0 Å². The van der Waals surface area contributed by atoms with Crippen molar-refractivity contribution in [2.45, 2.75) is 5.92 Å². The second-order valence-corrected chi connectivity index (χ2v) is 9.74. The Morgan fingerprint density at radius 2 is 1.19 bits per heavy atom. The van der Waals surface area contributed by atoms with Gasteiger partial charge in [-0.1, -0.05) is 109 Å². The van der Waals surface area contributed by atoms with E-state index >= 15 is 0 Å². The van der Waals surface area contributed by atoms with Crippen molar-refractivity contribution >= 4 is 32.6 Å². The zero-order valence-corrected chi connectivity index (χ0v) is 19.7. The predicted octanol–water partition coefficient (Wildman–Crippen LogP) is 9.10. The standard InChI is InChI=1S/C35H23N/c1-2-11-24(12-3-1)34-28-15-7-6-14-27(28)31-22-25(19-20-29(31)34)36-32-17-9-8-16-30(32)35-26-13-5-4-10-23(26)18-21-33(35)36/h1-22,34H. The number of fused-ring (bicyclic) bond motifs is 8. The quantitative estimate of drug-likeness (QED) is 0.244. The molecule has 168 valence electrons. The molecule has 0 aliphatic heterocycles. The van der Waals surface area contributed by atoms with E-state index in [1.165, 1.54) is 66.1 Å². The van der Waals surface area contributed by atoms with Crippen LogP contribution in [0.2, 0.25) is 0 Å². The van der Waals surface area contributed by atoms with Crippen molar-refractivity contribution in [1.82, 2.24) is 4.57 Å². The van der Waals surface area contributed by atoms with Gasteiger partial charge in [-0.2, -0.15) is 0 Å². The molecule has 0 bridgehead atoms. The van der Waals surface area contributed by atoms with Crippen LogP contribution in [0.4, 0.5) is 0 Å². The Morgan fingerprint density at radius 3 is 2.11 bits per heavy atom. The molecular weight excluding hydrogens is 434 g/mol. The fourth-order valence-corrected chi connectivity index (χ4v) is 6.35. The molecule has 1 nitrogen and oxygen atoms in total. The number of nitrogens with zero attached hydrogens (tertiary/aromatic N) is 1. The van der Waals surface area contributed by atoms with Gasteiger partial charge < -0.3 is 4.57 Å². The molecule has 1 heterocycles. The van der Waals surface area contributed by atoms with Crippen molar-refractivity contribution in [1.29, 1.82) is 0 Å². The van der Waals surface area contributed by atoms with Gasteiger partial charge in [0.2, 0.25) is 0 Å². The van der Waals surface area contributed by atoms with Crippen LogP contribution in [0.25, 0.3) is 49.4 Å². The molecule has 1 aromatic heterocycles. The first-order chi connectivity index (χ1) is 17.9. The summed E-state index contributed by atoms with van der Waals surface area (Å²) in [5.74, 6) is 0.272. The van der Waals surface area contributed by atoms with Crippen molar-refractivity contribution in [3.05, 3.63) is 150 Å². The lowest BCUT2D eigenvalue weighted by atomic mass is 9.89. The number of aromatic nitrogens is 1. The van der Waals surface area contributed by atoms with Gasteiger partial charge in [-0.3, -0.25) is 0 Å². The number of rotatable bonds is 2. The SMILES string of the molecule is c1ccc(C2c3ccccc3-c3cc(-n4c5ccccc5c5c6ccccc6ccc54)ccc32)cc1. The van der Waals surface area contributed by atoms with Gasteiger partial charge in [0.15, 0.2) is 0 Å². The van der Waals surface area contributed by atoms with E-state index in [0.29, 0.717) is 0 Å². The van der Waals surface area contributed by atoms with Crippen LogP contribution in [-0.2, 0) is 0 Å². The van der Waals surface area contributed by atoms with E-state index in [2.05, 4.69) is 138 Å². The lowest BCUT2D eigenvalue weighted by molar-refractivity contribution is 1.01. The molecule has 7 aromatic rings. The zero-order valence-electron chi connectivity index (χ0n) is 19.7. The van der Waals surface area contributed by atoms with Crippen molar-refractivity contribution in [2.75, 3.05) is 0 Å². The highest BCUT2D eigenvalue weighted by molar-refractivity contribution is 6.21. The summed E-state index contributed by atoms with van der Waals surface area (Å²) >= 11 is 0. The van der Waals surface area contributed by atoms with Gasteiger partial charge in [-0.15, -0.1) is 0 Å². The van der Waals surface area contributed by atoms with Gasteiger partial charge in [-0.05, 0) is 62.9 Å². The summed E-state index contributed by atoms with van der Waals surface area (Å²) in [5, 5.41) is 5.21. The maximum atomic E-state index is 2.44. The fraction of sp³-hybridized carbons (Fsp3) is 0.0286. The average molecular weight is 458 g/mol. The molecule has 1 aliphatic rings. The van der Waals surface area contributed by atoms with Gasteiger partial charge >= 0.3 is 0 Å². The van der Waals surface area contributed by atoms with Crippen LogP contribution >= 0.6 is 0 Å². The van der Waals surface area contributed by atoms with E-state index in [9.17, 15) is 0 Å². The van der Waals surface area contributed by atoms with Crippen LogP contribution in [0.15, 0.2) is 133 Å². The number of para-hydroxylation sites is 1. The molecule has 1 atom stereocenters. The third kappa shape index (κ3) is 2.66. The topological polar surface area (TPSA) is 4.93 Å². The highest BCUT2D eigenvalue weighted by atomic mass is 15.0. The average Bonchev–Trinajstić information content (AvgIpc) is 3.46. The summed E-state index contributed by atoms with van der Waals surface area (Å²) in [4.78, 5) is 0. The highest BCUT2D eigenvalue weighted by Gasteiger charge is 2.30.